The minimum absolute atomic E-state index is 0.115. The van der Waals surface area contributed by atoms with Crippen LogP contribution in [0.5, 0.6) is 0 Å². The van der Waals surface area contributed by atoms with Crippen LogP contribution in [0.4, 0.5) is 22.0 Å². The van der Waals surface area contributed by atoms with E-state index in [0.717, 1.165) is 0 Å². The van der Waals surface area contributed by atoms with Gasteiger partial charge in [-0.25, -0.2) is 22.0 Å². The zero-order chi connectivity index (χ0) is 14.3. The molecule has 2 rings (SSSR count). The third-order valence-corrected chi connectivity index (χ3v) is 3.87. The molecule has 2 N–H and O–H groups in total. The van der Waals surface area contributed by atoms with E-state index in [1.165, 1.54) is 0 Å². The second kappa shape index (κ2) is 4.74. The van der Waals surface area contributed by atoms with Gasteiger partial charge in [0.2, 0.25) is 5.92 Å². The van der Waals surface area contributed by atoms with Crippen molar-refractivity contribution >= 4 is 0 Å². The fourth-order valence-electron chi connectivity index (χ4n) is 2.70. The van der Waals surface area contributed by atoms with Gasteiger partial charge in [0, 0.05) is 42.5 Å². The minimum Gasteiger partial charge on any atom is -0.330 e. The third kappa shape index (κ3) is 2.59. The van der Waals surface area contributed by atoms with Gasteiger partial charge in [-0.05, 0) is 12.8 Å². The van der Waals surface area contributed by atoms with Crippen LogP contribution in [-0.4, -0.2) is 12.5 Å². The molecule has 1 saturated carbocycles. The summed E-state index contributed by atoms with van der Waals surface area (Å²) in [5.41, 5.74) is 4.02. The van der Waals surface area contributed by atoms with Crippen LogP contribution < -0.4 is 5.73 Å². The molecule has 0 radical (unpaired) electrons. The second-order valence-corrected chi connectivity index (χ2v) is 5.08. The number of hydrogen-bond acceptors (Lipinski definition) is 1. The van der Waals surface area contributed by atoms with Crippen LogP contribution in [0.2, 0.25) is 0 Å². The van der Waals surface area contributed by atoms with E-state index in [4.69, 9.17) is 5.73 Å². The lowest BCUT2D eigenvalue weighted by atomic mass is 9.68. The molecule has 0 aromatic heterocycles. The lowest BCUT2D eigenvalue weighted by Crippen LogP contribution is -2.43. The number of hydrogen-bond donors (Lipinski definition) is 1. The van der Waals surface area contributed by atoms with Crippen molar-refractivity contribution in [2.75, 3.05) is 6.54 Å². The van der Waals surface area contributed by atoms with Gasteiger partial charge in [0.05, 0.1) is 0 Å². The summed E-state index contributed by atoms with van der Waals surface area (Å²) in [5.74, 6) is -5.99. The first-order valence-electron chi connectivity index (χ1n) is 6.03. The summed E-state index contributed by atoms with van der Waals surface area (Å²) in [4.78, 5) is 0. The molecule has 0 aliphatic heterocycles. The Labute approximate surface area is 107 Å². The molecule has 0 saturated heterocycles. The SMILES string of the molecule is NCC1(c2c(F)cc(F)cc2F)CCC(F)(F)CC1. The Morgan fingerprint density at radius 2 is 1.42 bits per heavy atom. The predicted molar refractivity (Wildman–Crippen MR) is 60.5 cm³/mol. The van der Waals surface area contributed by atoms with Gasteiger partial charge in [-0.3, -0.25) is 0 Å². The van der Waals surface area contributed by atoms with Crippen molar-refractivity contribution in [3.63, 3.8) is 0 Å². The van der Waals surface area contributed by atoms with E-state index in [1.54, 1.807) is 0 Å². The Balaban J connectivity index is 2.43. The summed E-state index contributed by atoms with van der Waals surface area (Å²) in [5, 5.41) is 0. The highest BCUT2D eigenvalue weighted by molar-refractivity contribution is 5.31. The Morgan fingerprint density at radius 1 is 0.947 bits per heavy atom. The van der Waals surface area contributed by atoms with Crippen molar-refractivity contribution in [1.29, 1.82) is 0 Å². The number of rotatable bonds is 2. The molecule has 19 heavy (non-hydrogen) atoms. The first-order chi connectivity index (χ1) is 8.80. The lowest BCUT2D eigenvalue weighted by molar-refractivity contribution is -0.0517. The van der Waals surface area contributed by atoms with Gasteiger partial charge in [-0.1, -0.05) is 0 Å². The van der Waals surface area contributed by atoms with E-state index in [9.17, 15) is 22.0 Å². The number of alkyl halides is 2. The summed E-state index contributed by atoms with van der Waals surface area (Å²) in [6.45, 7) is -0.150. The summed E-state index contributed by atoms with van der Waals surface area (Å²) in [7, 11) is 0. The van der Waals surface area contributed by atoms with E-state index in [0.29, 0.717) is 12.1 Å². The van der Waals surface area contributed by atoms with E-state index < -0.39 is 41.6 Å². The highest BCUT2D eigenvalue weighted by Gasteiger charge is 2.46. The van der Waals surface area contributed by atoms with Crippen molar-refractivity contribution in [3.8, 4) is 0 Å². The number of nitrogens with two attached hydrogens (primary N) is 1. The van der Waals surface area contributed by atoms with Gasteiger partial charge >= 0.3 is 0 Å². The van der Waals surface area contributed by atoms with Crippen LogP contribution in [-0.2, 0) is 5.41 Å². The number of benzene rings is 1. The molecule has 0 spiro atoms. The van der Waals surface area contributed by atoms with Crippen LogP contribution in [0, 0.1) is 17.5 Å². The third-order valence-electron chi connectivity index (χ3n) is 3.87. The quantitative estimate of drug-likeness (QED) is 0.824. The average molecular weight is 279 g/mol. The molecular weight excluding hydrogens is 265 g/mol. The molecule has 1 nitrogen and oxygen atoms in total. The van der Waals surface area contributed by atoms with Crippen molar-refractivity contribution in [2.45, 2.75) is 37.0 Å². The van der Waals surface area contributed by atoms with Crippen LogP contribution in [0.1, 0.15) is 31.2 Å². The van der Waals surface area contributed by atoms with Crippen LogP contribution in [0.3, 0.4) is 0 Å². The number of halogens is 5. The molecule has 0 heterocycles. The van der Waals surface area contributed by atoms with Gasteiger partial charge in [0.1, 0.15) is 17.5 Å². The van der Waals surface area contributed by atoms with E-state index in [2.05, 4.69) is 0 Å². The Hall–Kier alpha value is -1.17. The fraction of sp³-hybridized carbons (Fsp3) is 0.538. The van der Waals surface area contributed by atoms with Gasteiger partial charge < -0.3 is 5.73 Å². The van der Waals surface area contributed by atoms with E-state index >= 15 is 0 Å². The maximum Gasteiger partial charge on any atom is 0.248 e. The fourth-order valence-corrected chi connectivity index (χ4v) is 2.70. The molecular formula is C13H14F5N. The summed E-state index contributed by atoms with van der Waals surface area (Å²) < 4.78 is 66.8. The van der Waals surface area contributed by atoms with Gasteiger partial charge in [-0.2, -0.15) is 0 Å². The summed E-state index contributed by atoms with van der Waals surface area (Å²) in [6, 6.07) is 1.12. The lowest BCUT2D eigenvalue weighted by Gasteiger charge is -2.40. The first-order valence-corrected chi connectivity index (χ1v) is 6.03. The van der Waals surface area contributed by atoms with Crippen molar-refractivity contribution in [2.24, 2.45) is 5.73 Å². The Morgan fingerprint density at radius 3 is 1.84 bits per heavy atom. The molecule has 106 valence electrons. The Kier molecular flexibility index (Phi) is 3.55. The minimum atomic E-state index is -2.83. The molecule has 0 amide bonds. The molecule has 1 aromatic rings. The van der Waals surface area contributed by atoms with Crippen LogP contribution in [0.15, 0.2) is 12.1 Å². The largest absolute Gasteiger partial charge is 0.330 e. The standard InChI is InChI=1S/C13H14F5N/c14-8-5-9(15)11(10(16)6-8)12(7-19)1-3-13(17,18)4-2-12/h5-6H,1-4,7,19H2. The smallest absolute Gasteiger partial charge is 0.248 e. The normalized spacial score (nSPS) is 21.4. The molecule has 0 atom stereocenters. The van der Waals surface area contributed by atoms with Crippen LogP contribution in [0.25, 0.3) is 0 Å². The van der Waals surface area contributed by atoms with E-state index in [1.807, 2.05) is 0 Å². The van der Waals surface area contributed by atoms with E-state index in [-0.39, 0.29) is 24.9 Å². The topological polar surface area (TPSA) is 26.0 Å². The van der Waals surface area contributed by atoms with Gasteiger partial charge in [0.15, 0.2) is 0 Å². The molecule has 1 aliphatic carbocycles. The maximum atomic E-state index is 13.8. The molecule has 0 unspecified atom stereocenters. The molecule has 6 heteroatoms. The predicted octanol–water partition coefficient (Wildman–Crippen LogP) is 3.51. The average Bonchev–Trinajstić information content (AvgIpc) is 2.30. The highest BCUT2D eigenvalue weighted by atomic mass is 19.3. The molecule has 1 fully saturated rings. The van der Waals surface area contributed by atoms with Crippen molar-refractivity contribution < 1.29 is 22.0 Å². The summed E-state index contributed by atoms with van der Waals surface area (Å²) >= 11 is 0. The summed E-state index contributed by atoms with van der Waals surface area (Å²) in [6.07, 6.45) is -1.17. The van der Waals surface area contributed by atoms with Gasteiger partial charge in [0.25, 0.3) is 0 Å². The highest BCUT2D eigenvalue weighted by Crippen LogP contribution is 2.46. The zero-order valence-electron chi connectivity index (χ0n) is 10.2. The van der Waals surface area contributed by atoms with Crippen LogP contribution >= 0.6 is 0 Å². The van der Waals surface area contributed by atoms with Crippen molar-refractivity contribution in [1.82, 2.24) is 0 Å². The molecule has 0 bridgehead atoms. The first kappa shape index (κ1) is 14.2. The molecule has 1 aliphatic rings. The monoisotopic (exact) mass is 279 g/mol. The second-order valence-electron chi connectivity index (χ2n) is 5.08. The van der Waals surface area contributed by atoms with Crippen molar-refractivity contribution in [3.05, 3.63) is 35.1 Å². The zero-order valence-corrected chi connectivity index (χ0v) is 10.2. The maximum absolute atomic E-state index is 13.8. The molecule has 1 aromatic carbocycles. The van der Waals surface area contributed by atoms with Gasteiger partial charge in [-0.15, -0.1) is 0 Å². The Bertz CT molecular complexity index is 453.